The van der Waals surface area contributed by atoms with Gasteiger partial charge in [-0.1, -0.05) is 18.5 Å². The van der Waals surface area contributed by atoms with Crippen molar-refractivity contribution in [2.75, 3.05) is 11.9 Å². The van der Waals surface area contributed by atoms with Gasteiger partial charge in [-0.25, -0.2) is 9.97 Å². The smallest absolute Gasteiger partial charge is 0.253 e. The van der Waals surface area contributed by atoms with Crippen molar-refractivity contribution in [1.29, 1.82) is 0 Å². The first kappa shape index (κ1) is 15.3. The molecule has 1 aromatic heterocycles. The number of benzene rings is 1. The molecule has 2 N–H and O–H groups in total. The van der Waals surface area contributed by atoms with Crippen LogP contribution in [0, 0.1) is 0 Å². The standard InChI is InChI=1S/C15H17ClN4O/c1-2-6-18-14-4-3-11(16)8-13(14)15(21)19-9-12-5-7-17-10-20-12/h3-5,7-8,10,18H,2,6,9H2,1H3,(H,19,21). The lowest BCUT2D eigenvalue weighted by Gasteiger charge is -2.12. The van der Waals surface area contributed by atoms with Crippen molar-refractivity contribution in [2.24, 2.45) is 0 Å². The molecule has 0 bridgehead atoms. The molecule has 0 aliphatic carbocycles. The van der Waals surface area contributed by atoms with Crippen LogP contribution < -0.4 is 10.6 Å². The molecule has 0 radical (unpaired) electrons. The number of carbonyl (C=O) groups excluding carboxylic acids is 1. The maximum Gasteiger partial charge on any atom is 0.253 e. The Hall–Kier alpha value is -2.14. The molecule has 0 spiro atoms. The molecule has 1 heterocycles. The monoisotopic (exact) mass is 304 g/mol. The highest BCUT2D eigenvalue weighted by Crippen LogP contribution is 2.20. The molecule has 1 aromatic carbocycles. The number of anilines is 1. The second-order valence-electron chi connectivity index (χ2n) is 4.50. The highest BCUT2D eigenvalue weighted by atomic mass is 35.5. The number of rotatable bonds is 6. The lowest BCUT2D eigenvalue weighted by Crippen LogP contribution is -2.24. The first-order valence-electron chi connectivity index (χ1n) is 6.77. The van der Waals surface area contributed by atoms with Crippen molar-refractivity contribution in [2.45, 2.75) is 19.9 Å². The number of nitrogens with one attached hydrogen (secondary N) is 2. The van der Waals surface area contributed by atoms with Crippen molar-refractivity contribution in [3.05, 3.63) is 53.1 Å². The van der Waals surface area contributed by atoms with Gasteiger partial charge in [0.25, 0.3) is 5.91 Å². The minimum atomic E-state index is -0.185. The van der Waals surface area contributed by atoms with Crippen LogP contribution in [0.25, 0.3) is 0 Å². The Balaban J connectivity index is 2.08. The summed E-state index contributed by atoms with van der Waals surface area (Å²) in [4.78, 5) is 20.2. The molecule has 2 aromatic rings. The van der Waals surface area contributed by atoms with Crippen LogP contribution in [0.2, 0.25) is 5.02 Å². The highest BCUT2D eigenvalue weighted by molar-refractivity contribution is 6.31. The van der Waals surface area contributed by atoms with Gasteiger partial charge in [0.05, 0.1) is 17.8 Å². The Labute approximate surface area is 128 Å². The summed E-state index contributed by atoms with van der Waals surface area (Å²) in [5.41, 5.74) is 2.06. The van der Waals surface area contributed by atoms with Crippen LogP contribution in [-0.4, -0.2) is 22.4 Å². The van der Waals surface area contributed by atoms with Gasteiger partial charge >= 0.3 is 0 Å². The third-order valence-corrected chi connectivity index (χ3v) is 3.10. The summed E-state index contributed by atoms with van der Waals surface area (Å²) >= 11 is 5.98. The minimum Gasteiger partial charge on any atom is -0.384 e. The van der Waals surface area contributed by atoms with E-state index in [1.165, 1.54) is 6.33 Å². The Bertz CT molecular complexity index is 604. The summed E-state index contributed by atoms with van der Waals surface area (Å²) in [6.45, 7) is 3.21. The van der Waals surface area contributed by atoms with Gasteiger partial charge in [-0.3, -0.25) is 4.79 Å². The zero-order valence-corrected chi connectivity index (χ0v) is 12.5. The topological polar surface area (TPSA) is 66.9 Å². The minimum absolute atomic E-state index is 0.185. The zero-order valence-electron chi connectivity index (χ0n) is 11.8. The van der Waals surface area contributed by atoms with Gasteiger partial charge in [-0.2, -0.15) is 0 Å². The van der Waals surface area contributed by atoms with Gasteiger partial charge in [0.15, 0.2) is 0 Å². The fourth-order valence-corrected chi connectivity index (χ4v) is 1.98. The van der Waals surface area contributed by atoms with E-state index in [1.807, 2.05) is 6.07 Å². The van der Waals surface area contributed by atoms with E-state index < -0.39 is 0 Å². The number of hydrogen-bond donors (Lipinski definition) is 2. The maximum absolute atomic E-state index is 12.3. The molecule has 0 saturated carbocycles. The molecule has 21 heavy (non-hydrogen) atoms. The molecule has 110 valence electrons. The highest BCUT2D eigenvalue weighted by Gasteiger charge is 2.12. The zero-order chi connectivity index (χ0) is 15.1. The SMILES string of the molecule is CCCNc1ccc(Cl)cc1C(=O)NCc1ccncn1. The van der Waals surface area contributed by atoms with Crippen molar-refractivity contribution in [1.82, 2.24) is 15.3 Å². The van der Waals surface area contributed by atoms with E-state index in [2.05, 4.69) is 27.5 Å². The molecule has 0 aliphatic rings. The van der Waals surface area contributed by atoms with Gasteiger partial charge in [0.2, 0.25) is 0 Å². The molecule has 0 saturated heterocycles. The first-order chi connectivity index (χ1) is 10.2. The molecule has 6 heteroatoms. The molecule has 0 aliphatic heterocycles. The maximum atomic E-state index is 12.3. The second kappa shape index (κ2) is 7.59. The number of amides is 1. The predicted octanol–water partition coefficient (Wildman–Crippen LogP) is 2.88. The Morgan fingerprint density at radius 3 is 2.90 bits per heavy atom. The van der Waals surface area contributed by atoms with Crippen LogP contribution >= 0.6 is 11.6 Å². The van der Waals surface area contributed by atoms with E-state index in [0.717, 1.165) is 24.3 Å². The van der Waals surface area contributed by atoms with E-state index in [4.69, 9.17) is 11.6 Å². The number of carbonyl (C=O) groups is 1. The molecule has 1 amide bonds. The van der Waals surface area contributed by atoms with Gasteiger partial charge in [0, 0.05) is 23.5 Å². The summed E-state index contributed by atoms with van der Waals surface area (Å²) in [6, 6.07) is 7.00. The lowest BCUT2D eigenvalue weighted by atomic mass is 10.1. The van der Waals surface area contributed by atoms with Gasteiger partial charge < -0.3 is 10.6 Å². The summed E-state index contributed by atoms with van der Waals surface area (Å²) in [7, 11) is 0. The normalized spacial score (nSPS) is 10.2. The fourth-order valence-electron chi connectivity index (χ4n) is 1.81. The molecule has 0 unspecified atom stereocenters. The average Bonchev–Trinajstić information content (AvgIpc) is 2.52. The van der Waals surface area contributed by atoms with Gasteiger partial charge in [-0.05, 0) is 30.7 Å². The Morgan fingerprint density at radius 1 is 1.33 bits per heavy atom. The van der Waals surface area contributed by atoms with Crippen LogP contribution in [0.1, 0.15) is 29.4 Å². The van der Waals surface area contributed by atoms with E-state index in [-0.39, 0.29) is 5.91 Å². The predicted molar refractivity (Wildman–Crippen MR) is 83.4 cm³/mol. The van der Waals surface area contributed by atoms with Crippen molar-refractivity contribution >= 4 is 23.2 Å². The largest absolute Gasteiger partial charge is 0.384 e. The summed E-state index contributed by atoms with van der Waals surface area (Å²) < 4.78 is 0. The molecule has 5 nitrogen and oxygen atoms in total. The molecule has 0 atom stereocenters. The molecular formula is C15H17ClN4O. The molecular weight excluding hydrogens is 288 g/mol. The van der Waals surface area contributed by atoms with Crippen molar-refractivity contribution in [3.8, 4) is 0 Å². The van der Waals surface area contributed by atoms with Crippen LogP contribution in [0.15, 0.2) is 36.8 Å². The average molecular weight is 305 g/mol. The van der Waals surface area contributed by atoms with E-state index >= 15 is 0 Å². The third kappa shape index (κ3) is 4.43. The number of halogens is 1. The van der Waals surface area contributed by atoms with Crippen LogP contribution in [0.4, 0.5) is 5.69 Å². The molecule has 2 rings (SSSR count). The van der Waals surface area contributed by atoms with E-state index in [0.29, 0.717) is 17.1 Å². The van der Waals surface area contributed by atoms with Gasteiger partial charge in [0.1, 0.15) is 6.33 Å². The van der Waals surface area contributed by atoms with Crippen molar-refractivity contribution < 1.29 is 4.79 Å². The Kier molecular flexibility index (Phi) is 5.51. The van der Waals surface area contributed by atoms with Crippen LogP contribution in [0.5, 0.6) is 0 Å². The number of hydrogen-bond acceptors (Lipinski definition) is 4. The summed E-state index contributed by atoms with van der Waals surface area (Å²) in [5.74, 6) is -0.185. The summed E-state index contributed by atoms with van der Waals surface area (Å²) in [6.07, 6.45) is 4.07. The van der Waals surface area contributed by atoms with Crippen LogP contribution in [-0.2, 0) is 6.54 Å². The van der Waals surface area contributed by atoms with Crippen LogP contribution in [0.3, 0.4) is 0 Å². The van der Waals surface area contributed by atoms with E-state index in [1.54, 1.807) is 24.4 Å². The Morgan fingerprint density at radius 2 is 2.19 bits per heavy atom. The summed E-state index contributed by atoms with van der Waals surface area (Å²) in [5, 5.41) is 6.59. The van der Waals surface area contributed by atoms with E-state index in [9.17, 15) is 4.79 Å². The second-order valence-corrected chi connectivity index (χ2v) is 4.94. The first-order valence-corrected chi connectivity index (χ1v) is 7.15. The lowest BCUT2D eigenvalue weighted by molar-refractivity contribution is 0.0951. The molecule has 0 fully saturated rings. The third-order valence-electron chi connectivity index (χ3n) is 2.86. The number of nitrogens with zero attached hydrogens (tertiary/aromatic N) is 2. The fraction of sp³-hybridized carbons (Fsp3) is 0.267. The van der Waals surface area contributed by atoms with Gasteiger partial charge in [-0.15, -0.1) is 0 Å². The number of aromatic nitrogens is 2. The van der Waals surface area contributed by atoms with Crippen molar-refractivity contribution in [3.63, 3.8) is 0 Å². The quantitative estimate of drug-likeness (QED) is 0.861.